The van der Waals surface area contributed by atoms with E-state index in [1.54, 1.807) is 6.08 Å². The lowest BCUT2D eigenvalue weighted by Crippen LogP contribution is -1.82. The molecule has 0 aliphatic carbocycles. The SMILES string of the molecule is Cc1ccc(C=C(C#N)c2nc(-c3ccccc3)cs2)o1. The van der Waals surface area contributed by atoms with Crippen molar-refractivity contribution in [3.05, 3.63) is 64.4 Å². The molecule has 0 radical (unpaired) electrons. The molecule has 0 amide bonds. The fourth-order valence-corrected chi connectivity index (χ4v) is 2.75. The van der Waals surface area contributed by atoms with Crippen LogP contribution in [-0.2, 0) is 0 Å². The highest BCUT2D eigenvalue weighted by Crippen LogP contribution is 2.27. The number of allylic oxidation sites excluding steroid dienone is 1. The molecule has 0 aliphatic rings. The Morgan fingerprint density at radius 3 is 2.71 bits per heavy atom. The van der Waals surface area contributed by atoms with Gasteiger partial charge in [0.05, 0.1) is 11.3 Å². The molecule has 0 fully saturated rings. The minimum atomic E-state index is 0.511. The summed E-state index contributed by atoms with van der Waals surface area (Å²) in [6.07, 6.45) is 1.72. The van der Waals surface area contributed by atoms with E-state index in [0.717, 1.165) is 17.0 Å². The number of benzene rings is 1. The van der Waals surface area contributed by atoms with Crippen LogP contribution in [0.15, 0.2) is 52.3 Å². The van der Waals surface area contributed by atoms with Crippen LogP contribution in [0.1, 0.15) is 16.5 Å². The smallest absolute Gasteiger partial charge is 0.134 e. The summed E-state index contributed by atoms with van der Waals surface area (Å²) in [6, 6.07) is 15.8. The number of aromatic nitrogens is 1. The van der Waals surface area contributed by atoms with E-state index in [1.165, 1.54) is 11.3 Å². The van der Waals surface area contributed by atoms with E-state index >= 15 is 0 Å². The third kappa shape index (κ3) is 2.93. The molecule has 0 saturated heterocycles. The van der Waals surface area contributed by atoms with Gasteiger partial charge in [-0.25, -0.2) is 4.98 Å². The Balaban J connectivity index is 1.95. The summed E-state index contributed by atoms with van der Waals surface area (Å²) in [5.41, 5.74) is 2.44. The second kappa shape index (κ2) is 5.78. The average molecular weight is 292 g/mol. The van der Waals surface area contributed by atoms with E-state index in [4.69, 9.17) is 4.42 Å². The molecule has 4 heteroatoms. The van der Waals surface area contributed by atoms with Crippen LogP contribution in [0.5, 0.6) is 0 Å². The third-order valence-corrected chi connectivity index (χ3v) is 3.85. The quantitative estimate of drug-likeness (QED) is 0.653. The molecular formula is C17H12N2OS. The molecule has 2 heterocycles. The number of nitrogens with zero attached hydrogens (tertiary/aromatic N) is 2. The number of furan rings is 1. The lowest BCUT2D eigenvalue weighted by Gasteiger charge is -1.94. The van der Waals surface area contributed by atoms with Crippen molar-refractivity contribution in [1.29, 1.82) is 5.26 Å². The van der Waals surface area contributed by atoms with E-state index in [9.17, 15) is 5.26 Å². The number of thiazole rings is 1. The van der Waals surface area contributed by atoms with Gasteiger partial charge in [-0.2, -0.15) is 5.26 Å². The summed E-state index contributed by atoms with van der Waals surface area (Å²) in [4.78, 5) is 4.54. The first-order valence-corrected chi connectivity index (χ1v) is 7.34. The van der Waals surface area contributed by atoms with Crippen LogP contribution in [0.2, 0.25) is 0 Å². The first-order chi connectivity index (χ1) is 10.3. The van der Waals surface area contributed by atoms with Crippen molar-refractivity contribution in [2.75, 3.05) is 0 Å². The second-order valence-corrected chi connectivity index (χ2v) is 5.38. The molecule has 2 aromatic heterocycles. The van der Waals surface area contributed by atoms with Crippen molar-refractivity contribution in [1.82, 2.24) is 4.98 Å². The minimum absolute atomic E-state index is 0.511. The summed E-state index contributed by atoms with van der Waals surface area (Å²) in [5, 5.41) is 12.0. The first-order valence-electron chi connectivity index (χ1n) is 6.46. The van der Waals surface area contributed by atoms with Crippen molar-refractivity contribution >= 4 is 23.0 Å². The molecule has 102 valence electrons. The van der Waals surface area contributed by atoms with Crippen LogP contribution in [-0.4, -0.2) is 4.98 Å². The molecule has 0 aliphatic heterocycles. The van der Waals surface area contributed by atoms with Gasteiger partial charge in [-0.05, 0) is 19.1 Å². The van der Waals surface area contributed by atoms with Crippen molar-refractivity contribution in [3.8, 4) is 17.3 Å². The molecule has 0 atom stereocenters. The lowest BCUT2D eigenvalue weighted by atomic mass is 10.2. The predicted octanol–water partition coefficient (Wildman–Crippen LogP) is 4.78. The monoisotopic (exact) mass is 292 g/mol. The van der Waals surface area contributed by atoms with Gasteiger partial charge in [-0.3, -0.25) is 0 Å². The van der Waals surface area contributed by atoms with Crippen molar-refractivity contribution in [3.63, 3.8) is 0 Å². The Labute approximate surface area is 126 Å². The Kier molecular flexibility index (Phi) is 3.67. The summed E-state index contributed by atoms with van der Waals surface area (Å²) in [7, 11) is 0. The number of hydrogen-bond donors (Lipinski definition) is 0. The van der Waals surface area contributed by atoms with Gasteiger partial charge in [0.15, 0.2) is 0 Å². The Morgan fingerprint density at radius 1 is 1.24 bits per heavy atom. The van der Waals surface area contributed by atoms with E-state index in [-0.39, 0.29) is 0 Å². The molecule has 0 N–H and O–H groups in total. The van der Waals surface area contributed by atoms with Crippen LogP contribution in [0, 0.1) is 18.3 Å². The summed E-state index contributed by atoms with van der Waals surface area (Å²) < 4.78 is 5.48. The van der Waals surface area contributed by atoms with Gasteiger partial charge in [-0.1, -0.05) is 30.3 Å². The molecule has 3 rings (SSSR count). The summed E-state index contributed by atoms with van der Waals surface area (Å²) in [5.74, 6) is 1.49. The van der Waals surface area contributed by atoms with Crippen LogP contribution < -0.4 is 0 Å². The Hall–Kier alpha value is -2.64. The number of aryl methyl sites for hydroxylation is 1. The topological polar surface area (TPSA) is 49.8 Å². The highest BCUT2D eigenvalue weighted by Gasteiger charge is 2.09. The molecule has 0 bridgehead atoms. The van der Waals surface area contributed by atoms with Gasteiger partial charge in [0.2, 0.25) is 0 Å². The van der Waals surface area contributed by atoms with Crippen LogP contribution >= 0.6 is 11.3 Å². The molecule has 1 aromatic carbocycles. The van der Waals surface area contributed by atoms with E-state index in [1.807, 2.05) is 54.8 Å². The maximum Gasteiger partial charge on any atom is 0.134 e. The van der Waals surface area contributed by atoms with E-state index < -0.39 is 0 Å². The Morgan fingerprint density at radius 2 is 2.05 bits per heavy atom. The number of rotatable bonds is 3. The maximum atomic E-state index is 9.33. The molecular weight excluding hydrogens is 280 g/mol. The molecule has 3 aromatic rings. The van der Waals surface area contributed by atoms with Gasteiger partial charge in [0.25, 0.3) is 0 Å². The van der Waals surface area contributed by atoms with Gasteiger partial charge in [-0.15, -0.1) is 11.3 Å². The van der Waals surface area contributed by atoms with Gasteiger partial charge in [0.1, 0.15) is 22.6 Å². The largest absolute Gasteiger partial charge is 0.462 e. The zero-order chi connectivity index (χ0) is 14.7. The summed E-state index contributed by atoms with van der Waals surface area (Å²) in [6.45, 7) is 1.88. The lowest BCUT2D eigenvalue weighted by molar-refractivity contribution is 0.525. The van der Waals surface area contributed by atoms with Gasteiger partial charge in [0, 0.05) is 17.0 Å². The number of hydrogen-bond acceptors (Lipinski definition) is 4. The molecule has 0 unspecified atom stereocenters. The average Bonchev–Trinajstić information content (AvgIpc) is 3.15. The molecule has 0 spiro atoms. The maximum absolute atomic E-state index is 9.33. The zero-order valence-electron chi connectivity index (χ0n) is 11.4. The minimum Gasteiger partial charge on any atom is -0.462 e. The van der Waals surface area contributed by atoms with E-state index in [2.05, 4.69) is 11.1 Å². The summed E-state index contributed by atoms with van der Waals surface area (Å²) >= 11 is 1.46. The first kappa shape index (κ1) is 13.3. The van der Waals surface area contributed by atoms with Crippen molar-refractivity contribution in [2.24, 2.45) is 0 Å². The highest BCUT2D eigenvalue weighted by molar-refractivity contribution is 7.11. The van der Waals surface area contributed by atoms with Crippen LogP contribution in [0.25, 0.3) is 22.9 Å². The molecule has 3 nitrogen and oxygen atoms in total. The van der Waals surface area contributed by atoms with Crippen LogP contribution in [0.3, 0.4) is 0 Å². The van der Waals surface area contributed by atoms with Gasteiger partial charge >= 0.3 is 0 Å². The standard InChI is InChI=1S/C17H12N2OS/c1-12-7-8-15(20-12)9-14(10-18)17-19-16(11-21-17)13-5-3-2-4-6-13/h2-9,11H,1H3. The number of nitriles is 1. The highest BCUT2D eigenvalue weighted by atomic mass is 32.1. The molecule has 21 heavy (non-hydrogen) atoms. The Bertz CT molecular complexity index is 822. The second-order valence-electron chi connectivity index (χ2n) is 4.52. The molecule has 0 saturated carbocycles. The van der Waals surface area contributed by atoms with E-state index in [0.29, 0.717) is 16.3 Å². The predicted molar refractivity (Wildman–Crippen MR) is 84.5 cm³/mol. The normalized spacial score (nSPS) is 11.3. The van der Waals surface area contributed by atoms with Crippen LogP contribution in [0.4, 0.5) is 0 Å². The van der Waals surface area contributed by atoms with Gasteiger partial charge < -0.3 is 4.42 Å². The fraction of sp³-hybridized carbons (Fsp3) is 0.0588. The fourth-order valence-electron chi connectivity index (χ4n) is 1.95. The zero-order valence-corrected chi connectivity index (χ0v) is 12.2. The van der Waals surface area contributed by atoms with Crippen molar-refractivity contribution < 1.29 is 4.42 Å². The van der Waals surface area contributed by atoms with Crippen molar-refractivity contribution in [2.45, 2.75) is 6.92 Å². The third-order valence-electron chi connectivity index (χ3n) is 2.97.